The van der Waals surface area contributed by atoms with Gasteiger partial charge in [0.1, 0.15) is 0 Å². The summed E-state index contributed by atoms with van der Waals surface area (Å²) in [4.78, 5) is 0. The Labute approximate surface area is 143 Å². The van der Waals surface area contributed by atoms with Gasteiger partial charge in [-0.2, -0.15) is 0 Å². The molecule has 0 aliphatic rings. The van der Waals surface area contributed by atoms with Crippen LogP contribution in [-0.4, -0.2) is 17.2 Å². The van der Waals surface area contributed by atoms with Gasteiger partial charge in [0.25, 0.3) is 0 Å². The van der Waals surface area contributed by atoms with Gasteiger partial charge in [-0.3, -0.25) is 0 Å². The van der Waals surface area contributed by atoms with Crippen molar-refractivity contribution in [3.05, 3.63) is 35.9 Å². The highest BCUT2D eigenvalue weighted by atomic mass is 16.4. The van der Waals surface area contributed by atoms with Gasteiger partial charge in [-0.25, -0.2) is 0 Å². The second kappa shape index (κ2) is 8.35. The van der Waals surface area contributed by atoms with Crippen molar-refractivity contribution in [2.45, 2.75) is 73.0 Å². The zero-order valence-corrected chi connectivity index (χ0v) is 15.8. The van der Waals surface area contributed by atoms with Crippen LogP contribution in [0.1, 0.15) is 72.3 Å². The molecule has 23 heavy (non-hydrogen) atoms. The third kappa shape index (κ3) is 5.97. The van der Waals surface area contributed by atoms with Gasteiger partial charge in [-0.15, -0.1) is 0 Å². The van der Waals surface area contributed by atoms with Crippen LogP contribution in [0, 0.1) is 16.7 Å². The molecule has 0 fully saturated rings. The first-order valence-corrected chi connectivity index (χ1v) is 9.01. The predicted octanol–water partition coefficient (Wildman–Crippen LogP) is 5.12. The van der Waals surface area contributed by atoms with Crippen LogP contribution >= 0.6 is 0 Å². The summed E-state index contributed by atoms with van der Waals surface area (Å²) in [6.07, 6.45) is 3.53. The summed E-state index contributed by atoms with van der Waals surface area (Å²) in [5.74, 6) is 1.07. The molecule has 2 atom stereocenters. The highest BCUT2D eigenvalue weighted by molar-refractivity contribution is 6.40. The molecule has 0 aliphatic carbocycles. The minimum atomic E-state index is -1.21. The van der Waals surface area contributed by atoms with Crippen LogP contribution in [0.2, 0.25) is 6.32 Å². The lowest BCUT2D eigenvalue weighted by Gasteiger charge is -2.42. The van der Waals surface area contributed by atoms with E-state index in [1.54, 1.807) is 0 Å². The summed E-state index contributed by atoms with van der Waals surface area (Å²) in [5.41, 5.74) is 1.64. The average molecular weight is 318 g/mol. The van der Waals surface area contributed by atoms with E-state index in [4.69, 9.17) is 0 Å². The van der Waals surface area contributed by atoms with E-state index >= 15 is 0 Å². The Balaban J connectivity index is 3.08. The molecular formula is C20H35BO2. The maximum atomic E-state index is 9.28. The van der Waals surface area contributed by atoms with Gasteiger partial charge in [0.05, 0.1) is 0 Å². The first-order chi connectivity index (χ1) is 10.6. The fourth-order valence-corrected chi connectivity index (χ4v) is 3.49. The smallest absolute Gasteiger partial charge is 0.427 e. The SMILES string of the molecule is CCC(C)C(C)(C)CC(c1ccccc1)C(C)(C)CCB(O)O. The highest BCUT2D eigenvalue weighted by Crippen LogP contribution is 2.48. The van der Waals surface area contributed by atoms with E-state index < -0.39 is 7.12 Å². The normalized spacial score (nSPS) is 15.3. The van der Waals surface area contributed by atoms with Crippen LogP contribution < -0.4 is 0 Å². The minimum Gasteiger partial charge on any atom is -0.427 e. The van der Waals surface area contributed by atoms with Crippen molar-refractivity contribution < 1.29 is 10.0 Å². The maximum Gasteiger partial charge on any atom is 0.451 e. The zero-order valence-electron chi connectivity index (χ0n) is 15.8. The standard InChI is InChI=1S/C20H35BO2/c1-7-16(2)20(5,6)15-18(17-11-9-8-10-12-17)19(3,4)13-14-21(22)23/h8-12,16,18,22-23H,7,13-15H2,1-6H3. The van der Waals surface area contributed by atoms with Crippen LogP contribution in [0.15, 0.2) is 30.3 Å². The Hall–Kier alpha value is -0.795. The molecule has 0 radical (unpaired) electrons. The van der Waals surface area contributed by atoms with Crippen LogP contribution in [-0.2, 0) is 0 Å². The summed E-state index contributed by atoms with van der Waals surface area (Å²) in [7, 11) is -1.21. The lowest BCUT2D eigenvalue weighted by molar-refractivity contribution is 0.137. The monoisotopic (exact) mass is 318 g/mol. The van der Waals surface area contributed by atoms with Crippen LogP contribution in [0.5, 0.6) is 0 Å². The van der Waals surface area contributed by atoms with E-state index in [0.717, 1.165) is 12.8 Å². The number of rotatable bonds is 9. The highest BCUT2D eigenvalue weighted by Gasteiger charge is 2.37. The van der Waals surface area contributed by atoms with E-state index in [-0.39, 0.29) is 10.8 Å². The molecule has 1 aromatic carbocycles. The fraction of sp³-hybridized carbons (Fsp3) is 0.700. The van der Waals surface area contributed by atoms with Crippen molar-refractivity contribution in [2.75, 3.05) is 0 Å². The Bertz CT molecular complexity index is 454. The van der Waals surface area contributed by atoms with Crippen molar-refractivity contribution in [3.63, 3.8) is 0 Å². The maximum absolute atomic E-state index is 9.28. The topological polar surface area (TPSA) is 40.5 Å². The molecule has 0 aromatic heterocycles. The first-order valence-electron chi connectivity index (χ1n) is 9.01. The van der Waals surface area contributed by atoms with Crippen molar-refractivity contribution in [1.29, 1.82) is 0 Å². The quantitative estimate of drug-likeness (QED) is 0.620. The van der Waals surface area contributed by atoms with E-state index in [1.165, 1.54) is 12.0 Å². The van der Waals surface area contributed by atoms with Gasteiger partial charge in [0.15, 0.2) is 0 Å². The molecule has 2 N–H and O–H groups in total. The van der Waals surface area contributed by atoms with E-state index in [1.807, 2.05) is 0 Å². The first kappa shape index (κ1) is 20.2. The molecule has 3 heteroatoms. The minimum absolute atomic E-state index is 0.0236. The number of benzene rings is 1. The molecule has 130 valence electrons. The summed E-state index contributed by atoms with van der Waals surface area (Å²) < 4.78 is 0. The number of hydrogen-bond donors (Lipinski definition) is 2. The largest absolute Gasteiger partial charge is 0.451 e. The molecule has 0 saturated carbocycles. The molecule has 2 nitrogen and oxygen atoms in total. The van der Waals surface area contributed by atoms with Crippen molar-refractivity contribution in [2.24, 2.45) is 16.7 Å². The van der Waals surface area contributed by atoms with Crippen LogP contribution in [0.4, 0.5) is 0 Å². The molecule has 0 spiro atoms. The Morgan fingerprint density at radius 2 is 1.57 bits per heavy atom. The third-order valence-electron chi connectivity index (χ3n) is 5.87. The Morgan fingerprint density at radius 1 is 1.00 bits per heavy atom. The van der Waals surface area contributed by atoms with E-state index in [0.29, 0.717) is 18.2 Å². The zero-order chi connectivity index (χ0) is 17.7. The van der Waals surface area contributed by atoms with Crippen molar-refractivity contribution in [3.8, 4) is 0 Å². The molecular weight excluding hydrogens is 283 g/mol. The molecule has 0 saturated heterocycles. The molecule has 2 unspecified atom stereocenters. The lowest BCUT2D eigenvalue weighted by atomic mass is 9.61. The molecule has 1 rings (SSSR count). The molecule has 0 aliphatic heterocycles. The van der Waals surface area contributed by atoms with Crippen LogP contribution in [0.3, 0.4) is 0 Å². The van der Waals surface area contributed by atoms with Crippen LogP contribution in [0.25, 0.3) is 0 Å². The fourth-order valence-electron chi connectivity index (χ4n) is 3.49. The van der Waals surface area contributed by atoms with Gasteiger partial charge in [0.2, 0.25) is 0 Å². The van der Waals surface area contributed by atoms with Gasteiger partial charge in [-0.1, -0.05) is 78.3 Å². The van der Waals surface area contributed by atoms with Gasteiger partial charge >= 0.3 is 7.12 Å². The van der Waals surface area contributed by atoms with Crippen molar-refractivity contribution >= 4 is 7.12 Å². The number of hydrogen-bond acceptors (Lipinski definition) is 2. The lowest BCUT2D eigenvalue weighted by Crippen LogP contribution is -2.31. The second-order valence-electron chi connectivity index (χ2n) is 8.47. The third-order valence-corrected chi connectivity index (χ3v) is 5.87. The summed E-state index contributed by atoms with van der Waals surface area (Å²) >= 11 is 0. The van der Waals surface area contributed by atoms with E-state index in [2.05, 4.69) is 71.9 Å². The summed E-state index contributed by atoms with van der Waals surface area (Å²) in [6.45, 7) is 13.9. The molecule has 0 amide bonds. The molecule has 0 heterocycles. The molecule has 1 aromatic rings. The van der Waals surface area contributed by atoms with Gasteiger partial charge < -0.3 is 10.0 Å². The Kier molecular flexibility index (Phi) is 7.35. The second-order valence-corrected chi connectivity index (χ2v) is 8.47. The predicted molar refractivity (Wildman–Crippen MR) is 100 cm³/mol. The van der Waals surface area contributed by atoms with Gasteiger partial charge in [-0.05, 0) is 47.4 Å². The summed E-state index contributed by atoms with van der Waals surface area (Å²) in [5, 5.41) is 18.6. The van der Waals surface area contributed by atoms with E-state index in [9.17, 15) is 10.0 Å². The summed E-state index contributed by atoms with van der Waals surface area (Å²) in [6, 6.07) is 10.7. The Morgan fingerprint density at radius 3 is 2.04 bits per heavy atom. The molecule has 0 bridgehead atoms. The average Bonchev–Trinajstić information content (AvgIpc) is 2.50. The van der Waals surface area contributed by atoms with Gasteiger partial charge in [0, 0.05) is 0 Å². The van der Waals surface area contributed by atoms with Crippen molar-refractivity contribution in [1.82, 2.24) is 0 Å².